The van der Waals surface area contributed by atoms with Crippen LogP contribution in [0.4, 0.5) is 5.82 Å². The van der Waals surface area contributed by atoms with Crippen molar-refractivity contribution in [2.24, 2.45) is 5.41 Å². The number of aromatic nitrogens is 2. The van der Waals surface area contributed by atoms with E-state index in [1.807, 2.05) is 30.1 Å². The van der Waals surface area contributed by atoms with Crippen LogP contribution in [-0.2, 0) is 17.6 Å². The third kappa shape index (κ3) is 4.43. The average molecular weight is 463 g/mol. The summed E-state index contributed by atoms with van der Waals surface area (Å²) in [7, 11) is 0. The van der Waals surface area contributed by atoms with Crippen molar-refractivity contribution in [1.82, 2.24) is 14.9 Å². The Morgan fingerprint density at radius 2 is 1.84 bits per heavy atom. The Hall–Kier alpha value is -1.40. The van der Waals surface area contributed by atoms with E-state index in [1.54, 1.807) is 0 Å². The molecule has 0 spiro atoms. The first-order valence-electron chi connectivity index (χ1n) is 11.8. The van der Waals surface area contributed by atoms with Gasteiger partial charge in [0.1, 0.15) is 16.5 Å². The van der Waals surface area contributed by atoms with Gasteiger partial charge in [0, 0.05) is 42.9 Å². The zero-order valence-electron chi connectivity index (χ0n) is 19.3. The van der Waals surface area contributed by atoms with E-state index in [4.69, 9.17) is 21.6 Å². The van der Waals surface area contributed by atoms with E-state index in [2.05, 4.69) is 18.7 Å². The highest BCUT2D eigenvalue weighted by atomic mass is 35.5. The number of halogens is 1. The highest BCUT2D eigenvalue weighted by Gasteiger charge is 2.34. The first kappa shape index (κ1) is 22.8. The number of carbonyl (C=O) groups is 1. The number of aryl methyl sites for hydroxylation is 2. The highest BCUT2D eigenvalue weighted by molar-refractivity contribution is 7.19. The van der Waals surface area contributed by atoms with Crippen molar-refractivity contribution in [3.05, 3.63) is 16.3 Å². The molecule has 2 aromatic heterocycles. The predicted molar refractivity (Wildman–Crippen MR) is 131 cm³/mol. The summed E-state index contributed by atoms with van der Waals surface area (Å²) in [5.74, 6) is 2.90. The number of amides is 1. The van der Waals surface area contributed by atoms with E-state index in [-0.39, 0.29) is 5.91 Å². The Morgan fingerprint density at radius 3 is 2.52 bits per heavy atom. The molecule has 1 fully saturated rings. The second kappa shape index (κ2) is 9.22. The first-order valence-corrected chi connectivity index (χ1v) is 13.1. The summed E-state index contributed by atoms with van der Waals surface area (Å²) < 4.78 is 0. The van der Waals surface area contributed by atoms with Crippen molar-refractivity contribution in [2.75, 3.05) is 37.0 Å². The Morgan fingerprint density at radius 1 is 1.13 bits per heavy atom. The zero-order valence-corrected chi connectivity index (χ0v) is 20.9. The fourth-order valence-corrected chi connectivity index (χ4v) is 5.95. The van der Waals surface area contributed by atoms with Crippen LogP contribution in [0, 0.1) is 5.41 Å². The largest absolute Gasteiger partial charge is 0.352 e. The van der Waals surface area contributed by atoms with E-state index in [0.717, 1.165) is 55.5 Å². The maximum Gasteiger partial charge on any atom is 0.229 e. The van der Waals surface area contributed by atoms with Gasteiger partial charge in [0.2, 0.25) is 5.91 Å². The second-order valence-electron chi connectivity index (χ2n) is 9.76. The van der Waals surface area contributed by atoms with Crippen LogP contribution in [0.5, 0.6) is 0 Å². The number of anilines is 1. The van der Waals surface area contributed by atoms with E-state index >= 15 is 0 Å². The molecular formula is C24H35ClN4OS. The second-order valence-corrected chi connectivity index (χ2v) is 11.1. The van der Waals surface area contributed by atoms with Gasteiger partial charge in [0.15, 0.2) is 0 Å². The highest BCUT2D eigenvalue weighted by Crippen LogP contribution is 2.40. The van der Waals surface area contributed by atoms with Crippen molar-refractivity contribution < 1.29 is 4.79 Å². The molecule has 1 aliphatic heterocycles. The fraction of sp³-hybridized carbons (Fsp3) is 0.708. The molecule has 4 rings (SSSR count). The molecule has 1 atom stereocenters. The molecule has 0 N–H and O–H groups in total. The SMILES string of the molecule is CC[C@@H](C)c1nc(N2CCN(C(=O)C(C)(C)CCl)CC2)c2c3c(sc2n1)CCCCC3. The lowest BCUT2D eigenvalue weighted by Gasteiger charge is -2.39. The molecule has 0 bridgehead atoms. The molecule has 1 aliphatic carbocycles. The Labute approximate surface area is 195 Å². The summed E-state index contributed by atoms with van der Waals surface area (Å²) in [6.45, 7) is 11.3. The normalized spacial score (nSPS) is 18.7. The number of carbonyl (C=O) groups excluding carboxylic acids is 1. The number of thiophene rings is 1. The summed E-state index contributed by atoms with van der Waals surface area (Å²) in [5, 5.41) is 1.29. The summed E-state index contributed by atoms with van der Waals surface area (Å²) >= 11 is 7.94. The third-order valence-electron chi connectivity index (χ3n) is 6.90. The molecule has 0 unspecified atom stereocenters. The van der Waals surface area contributed by atoms with Crippen LogP contribution >= 0.6 is 22.9 Å². The van der Waals surface area contributed by atoms with Crippen LogP contribution in [0.2, 0.25) is 0 Å². The Kier molecular flexibility index (Phi) is 6.78. The van der Waals surface area contributed by atoms with Crippen molar-refractivity contribution >= 4 is 44.9 Å². The lowest BCUT2D eigenvalue weighted by Crippen LogP contribution is -2.52. The molecule has 0 radical (unpaired) electrons. The Balaban J connectivity index is 1.68. The van der Waals surface area contributed by atoms with Crippen molar-refractivity contribution in [2.45, 2.75) is 72.1 Å². The van der Waals surface area contributed by atoms with E-state index in [1.165, 1.54) is 41.5 Å². The molecule has 5 nitrogen and oxygen atoms in total. The van der Waals surface area contributed by atoms with Crippen LogP contribution in [0.3, 0.4) is 0 Å². The number of piperazine rings is 1. The van der Waals surface area contributed by atoms with Gasteiger partial charge in [-0.15, -0.1) is 22.9 Å². The summed E-state index contributed by atoms with van der Waals surface area (Å²) in [5.41, 5.74) is 0.977. The summed E-state index contributed by atoms with van der Waals surface area (Å²) in [6.07, 6.45) is 7.17. The van der Waals surface area contributed by atoms with Crippen LogP contribution in [0.25, 0.3) is 10.2 Å². The molecule has 0 aromatic carbocycles. The average Bonchev–Trinajstić information content (AvgIpc) is 2.98. The van der Waals surface area contributed by atoms with E-state index < -0.39 is 5.41 Å². The van der Waals surface area contributed by atoms with Gasteiger partial charge in [-0.3, -0.25) is 4.79 Å². The quantitative estimate of drug-likeness (QED) is 0.441. The van der Waals surface area contributed by atoms with Gasteiger partial charge in [-0.05, 0) is 51.5 Å². The van der Waals surface area contributed by atoms with E-state index in [9.17, 15) is 4.79 Å². The Bertz CT molecular complexity index is 949. The molecular weight excluding hydrogens is 428 g/mol. The number of rotatable bonds is 5. The lowest BCUT2D eigenvalue weighted by molar-refractivity contribution is -0.139. The van der Waals surface area contributed by atoms with Gasteiger partial charge < -0.3 is 9.80 Å². The number of fused-ring (bicyclic) bond motifs is 3. The van der Waals surface area contributed by atoms with Crippen molar-refractivity contribution in [3.63, 3.8) is 0 Å². The maximum absolute atomic E-state index is 12.9. The minimum absolute atomic E-state index is 0.152. The monoisotopic (exact) mass is 462 g/mol. The molecule has 1 amide bonds. The fourth-order valence-electron chi connectivity index (χ4n) is 4.57. The molecule has 31 heavy (non-hydrogen) atoms. The summed E-state index contributed by atoms with van der Waals surface area (Å²) in [6, 6.07) is 0. The van der Waals surface area contributed by atoms with Gasteiger partial charge in [-0.1, -0.05) is 20.3 Å². The standard InChI is InChI=1S/C24H35ClN4OS/c1-5-16(2)20-26-21(19-17-9-7-6-8-10-18(17)31-22(19)27-20)28-11-13-29(14-12-28)23(30)24(3,4)15-25/h16H,5-15H2,1-4H3/t16-/m1/s1. The van der Waals surface area contributed by atoms with Crippen LogP contribution < -0.4 is 4.90 Å². The third-order valence-corrected chi connectivity index (χ3v) is 8.75. The van der Waals surface area contributed by atoms with Crippen molar-refractivity contribution in [3.8, 4) is 0 Å². The van der Waals surface area contributed by atoms with Gasteiger partial charge in [0.25, 0.3) is 0 Å². The number of hydrogen-bond acceptors (Lipinski definition) is 5. The van der Waals surface area contributed by atoms with Gasteiger partial charge >= 0.3 is 0 Å². The van der Waals surface area contributed by atoms with Crippen molar-refractivity contribution in [1.29, 1.82) is 0 Å². The predicted octanol–water partition coefficient (Wildman–Crippen LogP) is 5.39. The summed E-state index contributed by atoms with van der Waals surface area (Å²) in [4.78, 5) is 30.1. The molecule has 0 saturated carbocycles. The smallest absolute Gasteiger partial charge is 0.229 e. The topological polar surface area (TPSA) is 49.3 Å². The van der Waals surface area contributed by atoms with Crippen LogP contribution in [0.15, 0.2) is 0 Å². The molecule has 2 aromatic rings. The zero-order chi connectivity index (χ0) is 22.2. The molecule has 2 aliphatic rings. The van der Waals surface area contributed by atoms with E-state index in [0.29, 0.717) is 11.8 Å². The molecule has 1 saturated heterocycles. The number of nitrogens with zero attached hydrogens (tertiary/aromatic N) is 4. The first-order chi connectivity index (χ1) is 14.9. The molecule has 170 valence electrons. The minimum Gasteiger partial charge on any atom is -0.352 e. The van der Waals surface area contributed by atoms with Crippen LogP contribution in [0.1, 0.15) is 75.6 Å². The van der Waals surface area contributed by atoms with Gasteiger partial charge in [-0.2, -0.15) is 0 Å². The minimum atomic E-state index is -0.514. The molecule has 3 heterocycles. The lowest BCUT2D eigenvalue weighted by atomic mass is 9.94. The van der Waals surface area contributed by atoms with Gasteiger partial charge in [0.05, 0.1) is 10.8 Å². The maximum atomic E-state index is 12.9. The number of alkyl halides is 1. The number of hydrogen-bond donors (Lipinski definition) is 0. The molecule has 7 heteroatoms. The van der Waals surface area contributed by atoms with Gasteiger partial charge in [-0.25, -0.2) is 9.97 Å². The van der Waals surface area contributed by atoms with Crippen LogP contribution in [-0.4, -0.2) is 52.8 Å².